The quantitative estimate of drug-likeness (QED) is 0.474. The molecule has 3 rings (SSSR count). The van der Waals surface area contributed by atoms with Crippen LogP contribution >= 0.6 is 23.1 Å². The first-order valence-corrected chi connectivity index (χ1v) is 10.0. The van der Waals surface area contributed by atoms with Gasteiger partial charge in [0.15, 0.2) is 11.0 Å². The molecule has 5 nitrogen and oxygen atoms in total. The van der Waals surface area contributed by atoms with E-state index in [1.165, 1.54) is 11.8 Å². The van der Waals surface area contributed by atoms with Gasteiger partial charge in [0.2, 0.25) is 5.91 Å². The third kappa shape index (κ3) is 4.42. The van der Waals surface area contributed by atoms with Crippen LogP contribution in [0.2, 0.25) is 0 Å². The Hall–Kier alpha value is -2.38. The van der Waals surface area contributed by atoms with Gasteiger partial charge < -0.3 is 5.32 Å². The van der Waals surface area contributed by atoms with Gasteiger partial charge in [-0.25, -0.2) is 0 Å². The first kappa shape index (κ1) is 18.4. The summed E-state index contributed by atoms with van der Waals surface area (Å²) in [5.74, 6) is 0.784. The monoisotopic (exact) mass is 384 g/mol. The molecule has 0 saturated carbocycles. The maximum atomic E-state index is 12.2. The molecule has 134 valence electrons. The Morgan fingerprint density at radius 1 is 1.31 bits per heavy atom. The van der Waals surface area contributed by atoms with Gasteiger partial charge >= 0.3 is 0 Å². The van der Waals surface area contributed by atoms with Crippen LogP contribution in [0, 0.1) is 0 Å². The second kappa shape index (κ2) is 8.82. The molecule has 1 aromatic carbocycles. The number of nitrogens with one attached hydrogen (secondary N) is 1. The first-order chi connectivity index (χ1) is 12.7. The fraction of sp³-hybridized carbons (Fsp3) is 0.211. The van der Waals surface area contributed by atoms with E-state index in [-0.39, 0.29) is 11.2 Å². The fourth-order valence-electron chi connectivity index (χ4n) is 2.40. The second-order valence-electron chi connectivity index (χ2n) is 5.65. The smallest absolute Gasteiger partial charge is 0.233 e. The summed E-state index contributed by atoms with van der Waals surface area (Å²) in [6, 6.07) is 14.2. The molecular weight excluding hydrogens is 364 g/mol. The molecular formula is C19H20N4OS2. The third-order valence-corrected chi connectivity index (χ3v) is 5.66. The Kier molecular flexibility index (Phi) is 6.25. The number of nitrogens with zero attached hydrogens (tertiary/aromatic N) is 3. The van der Waals surface area contributed by atoms with Crippen molar-refractivity contribution in [2.24, 2.45) is 0 Å². The van der Waals surface area contributed by atoms with Crippen molar-refractivity contribution >= 4 is 29.0 Å². The number of hydrogen-bond acceptors (Lipinski definition) is 5. The lowest BCUT2D eigenvalue weighted by atomic mass is 10.2. The Bertz CT molecular complexity index is 859. The van der Waals surface area contributed by atoms with Crippen molar-refractivity contribution in [1.82, 2.24) is 20.1 Å². The van der Waals surface area contributed by atoms with E-state index in [1.54, 1.807) is 17.4 Å². The predicted molar refractivity (Wildman–Crippen MR) is 107 cm³/mol. The average molecular weight is 385 g/mol. The molecule has 2 heterocycles. The lowest BCUT2D eigenvalue weighted by Gasteiger charge is -2.13. The van der Waals surface area contributed by atoms with Crippen molar-refractivity contribution in [1.29, 1.82) is 0 Å². The topological polar surface area (TPSA) is 59.8 Å². The summed E-state index contributed by atoms with van der Waals surface area (Å²) in [6.07, 6.45) is 1.67. The summed E-state index contributed by atoms with van der Waals surface area (Å²) >= 11 is 3.04. The first-order valence-electron chi connectivity index (χ1n) is 8.25. The number of thiophene rings is 1. The molecule has 0 saturated heterocycles. The number of amides is 1. The number of carbonyl (C=O) groups is 1. The number of rotatable bonds is 8. The molecule has 7 heteroatoms. The van der Waals surface area contributed by atoms with Gasteiger partial charge in [-0.3, -0.25) is 9.36 Å². The Morgan fingerprint density at radius 3 is 2.81 bits per heavy atom. The summed E-state index contributed by atoms with van der Waals surface area (Å²) in [4.78, 5) is 13.2. The van der Waals surface area contributed by atoms with Crippen LogP contribution < -0.4 is 5.32 Å². The van der Waals surface area contributed by atoms with Crippen molar-refractivity contribution in [2.75, 3.05) is 6.54 Å². The SMILES string of the molecule is C=CCNC(=O)[C@H](C)Sc1nnc(-c2cccs2)n1Cc1ccccc1. The highest BCUT2D eigenvalue weighted by atomic mass is 32.2. The van der Waals surface area contributed by atoms with Crippen molar-refractivity contribution in [3.63, 3.8) is 0 Å². The largest absolute Gasteiger partial charge is 0.352 e. The molecule has 0 spiro atoms. The normalized spacial score (nSPS) is 11.9. The van der Waals surface area contributed by atoms with Gasteiger partial charge in [0.05, 0.1) is 16.7 Å². The van der Waals surface area contributed by atoms with Crippen LogP contribution in [0.4, 0.5) is 0 Å². The van der Waals surface area contributed by atoms with Crippen LogP contribution in [-0.4, -0.2) is 32.5 Å². The summed E-state index contributed by atoms with van der Waals surface area (Å²) < 4.78 is 2.07. The van der Waals surface area contributed by atoms with E-state index < -0.39 is 0 Å². The van der Waals surface area contributed by atoms with Crippen LogP contribution in [0.25, 0.3) is 10.7 Å². The highest BCUT2D eigenvalue weighted by Gasteiger charge is 2.21. The van der Waals surface area contributed by atoms with E-state index in [4.69, 9.17) is 0 Å². The van der Waals surface area contributed by atoms with E-state index >= 15 is 0 Å². The minimum absolute atomic E-state index is 0.0400. The Balaban J connectivity index is 1.87. The lowest BCUT2D eigenvalue weighted by molar-refractivity contribution is -0.120. The van der Waals surface area contributed by atoms with Crippen molar-refractivity contribution in [3.8, 4) is 10.7 Å². The summed E-state index contributed by atoms with van der Waals surface area (Å²) in [7, 11) is 0. The molecule has 0 bridgehead atoms. The van der Waals surface area contributed by atoms with Crippen molar-refractivity contribution < 1.29 is 4.79 Å². The second-order valence-corrected chi connectivity index (χ2v) is 7.90. The highest BCUT2D eigenvalue weighted by Crippen LogP contribution is 2.30. The summed E-state index contributed by atoms with van der Waals surface area (Å²) in [5, 5.41) is 14.0. The van der Waals surface area contributed by atoms with Gasteiger partial charge in [-0.1, -0.05) is 54.2 Å². The Labute approximate surface area is 161 Å². The van der Waals surface area contributed by atoms with Gasteiger partial charge in [-0.15, -0.1) is 28.1 Å². The molecule has 0 aliphatic heterocycles. The predicted octanol–water partition coefficient (Wildman–Crippen LogP) is 3.84. The van der Waals surface area contributed by atoms with Crippen molar-refractivity contribution in [2.45, 2.75) is 23.9 Å². The van der Waals surface area contributed by atoms with Crippen LogP contribution in [0.3, 0.4) is 0 Å². The van der Waals surface area contributed by atoms with Crippen LogP contribution in [0.5, 0.6) is 0 Å². The van der Waals surface area contributed by atoms with E-state index in [9.17, 15) is 4.79 Å². The Morgan fingerprint density at radius 2 is 2.12 bits per heavy atom. The fourth-order valence-corrected chi connectivity index (χ4v) is 3.99. The van der Waals surface area contributed by atoms with Gasteiger partial charge in [0.25, 0.3) is 0 Å². The van der Waals surface area contributed by atoms with Gasteiger partial charge in [0.1, 0.15) is 0 Å². The van der Waals surface area contributed by atoms with Crippen LogP contribution in [0.15, 0.2) is 65.7 Å². The molecule has 2 aromatic heterocycles. The maximum Gasteiger partial charge on any atom is 0.233 e. The van der Waals surface area contributed by atoms with Gasteiger partial charge in [-0.05, 0) is 23.9 Å². The molecule has 1 atom stereocenters. The number of hydrogen-bond donors (Lipinski definition) is 1. The number of carbonyl (C=O) groups excluding carboxylic acids is 1. The third-order valence-electron chi connectivity index (χ3n) is 3.71. The van der Waals surface area contributed by atoms with Crippen molar-refractivity contribution in [3.05, 3.63) is 66.1 Å². The maximum absolute atomic E-state index is 12.2. The highest BCUT2D eigenvalue weighted by molar-refractivity contribution is 8.00. The van der Waals surface area contributed by atoms with Gasteiger partial charge in [0, 0.05) is 6.54 Å². The zero-order valence-corrected chi connectivity index (χ0v) is 16.1. The van der Waals surface area contributed by atoms with E-state index in [1.807, 2.05) is 42.6 Å². The molecule has 0 fully saturated rings. The standard InChI is InChI=1S/C19H20N4OS2/c1-3-11-20-18(24)14(2)26-19-22-21-17(16-10-7-12-25-16)23(19)13-15-8-5-4-6-9-15/h3-10,12,14H,1,11,13H2,2H3,(H,20,24)/t14-/m0/s1. The number of thioether (sulfide) groups is 1. The number of aromatic nitrogens is 3. The molecule has 0 aliphatic rings. The molecule has 0 unspecified atom stereocenters. The minimum Gasteiger partial charge on any atom is -0.352 e. The minimum atomic E-state index is -0.273. The number of benzene rings is 1. The van der Waals surface area contributed by atoms with Crippen LogP contribution in [0.1, 0.15) is 12.5 Å². The molecule has 0 aliphatic carbocycles. The molecule has 26 heavy (non-hydrogen) atoms. The zero-order chi connectivity index (χ0) is 18.4. The van der Waals surface area contributed by atoms with E-state index in [0.29, 0.717) is 13.1 Å². The molecule has 1 amide bonds. The van der Waals surface area contributed by atoms with Gasteiger partial charge in [-0.2, -0.15) is 0 Å². The van der Waals surface area contributed by atoms with Crippen LogP contribution in [-0.2, 0) is 11.3 Å². The zero-order valence-electron chi connectivity index (χ0n) is 14.5. The molecule has 3 aromatic rings. The van der Waals surface area contributed by atoms with E-state index in [0.717, 1.165) is 21.4 Å². The summed E-state index contributed by atoms with van der Waals surface area (Å²) in [6.45, 7) is 6.61. The lowest BCUT2D eigenvalue weighted by Crippen LogP contribution is -2.31. The van der Waals surface area contributed by atoms with E-state index in [2.05, 4.69) is 38.8 Å². The average Bonchev–Trinajstić information content (AvgIpc) is 3.31. The summed E-state index contributed by atoms with van der Waals surface area (Å²) in [5.41, 5.74) is 1.16. The molecule has 0 radical (unpaired) electrons. The molecule has 1 N–H and O–H groups in total.